The first-order valence-corrected chi connectivity index (χ1v) is 18.9. The third-order valence-electron chi connectivity index (χ3n) is 9.83. The van der Waals surface area contributed by atoms with Gasteiger partial charge in [0.15, 0.2) is 5.58 Å². The van der Waals surface area contributed by atoms with Gasteiger partial charge in [0.25, 0.3) is 0 Å². The minimum Gasteiger partial charge on any atom is -0.507 e. The fraction of sp³-hybridized carbons (Fsp3) is 0.0426. The number of para-hydroxylation sites is 3. The molecule has 11 rings (SSSR count). The van der Waals surface area contributed by atoms with Crippen molar-refractivity contribution in [2.75, 3.05) is 0 Å². The third kappa shape index (κ3) is 8.58. The maximum atomic E-state index is 13.1. The van der Waals surface area contributed by atoms with Crippen LogP contribution in [-0.2, 0) is 32.5 Å². The van der Waals surface area contributed by atoms with Crippen LogP contribution in [0.5, 0.6) is 5.75 Å². The number of nitrogens with zero attached hydrogens (tertiary/aromatic N) is 7. The number of benzene rings is 8. The summed E-state index contributed by atoms with van der Waals surface area (Å²) in [5.74, 6) is 0.619. The van der Waals surface area contributed by atoms with Crippen LogP contribution in [0, 0.1) is 0 Å². The fourth-order valence-electron chi connectivity index (χ4n) is 6.95. The number of hydrogen-bond donors (Lipinski definition) is 1. The van der Waals surface area contributed by atoms with Crippen molar-refractivity contribution >= 4 is 54.7 Å². The van der Waals surface area contributed by atoms with Crippen molar-refractivity contribution < 1.29 is 56.0 Å². The van der Waals surface area contributed by atoms with Crippen LogP contribution >= 0.6 is 0 Å². The number of hydrogen-bond acceptors (Lipinski definition) is 7. The number of aromatic hydroxyl groups is 1. The molecule has 16 heteroatoms. The number of phenolic OH excluding ortho intramolecular Hbond substituents is 1. The van der Waals surface area contributed by atoms with Crippen molar-refractivity contribution in [2.24, 2.45) is 0 Å². The molecular weight excluding hydrogens is 1000 g/mol. The molecule has 315 valence electrons. The van der Waals surface area contributed by atoms with Gasteiger partial charge in [-0.1, -0.05) is 109 Å². The van der Waals surface area contributed by atoms with Crippen molar-refractivity contribution in [3.63, 3.8) is 0 Å². The Labute approximate surface area is 366 Å². The molecule has 1 radical (unpaired) electrons. The van der Waals surface area contributed by atoms with E-state index in [0.29, 0.717) is 22.8 Å². The van der Waals surface area contributed by atoms with Gasteiger partial charge >= 0.3 is 12.4 Å². The number of alkyl halides is 6. The van der Waals surface area contributed by atoms with E-state index >= 15 is 0 Å². The Kier molecular flexibility index (Phi) is 11.5. The summed E-state index contributed by atoms with van der Waals surface area (Å²) < 4.78 is 84.2. The van der Waals surface area contributed by atoms with Gasteiger partial charge in [0.2, 0.25) is 5.89 Å². The van der Waals surface area contributed by atoms with Crippen LogP contribution in [0.4, 0.5) is 26.3 Å². The van der Waals surface area contributed by atoms with Crippen LogP contribution < -0.4 is 0 Å². The van der Waals surface area contributed by atoms with Crippen LogP contribution in [0.15, 0.2) is 174 Å². The van der Waals surface area contributed by atoms with Crippen molar-refractivity contribution in [1.82, 2.24) is 35.0 Å². The molecule has 0 fully saturated rings. The molecule has 0 saturated carbocycles. The molecule has 0 unspecified atom stereocenters. The largest absolute Gasteiger partial charge is 0.507 e. The van der Waals surface area contributed by atoms with E-state index in [1.165, 1.54) is 33.9 Å². The molecule has 1 N–H and O–H groups in total. The molecule has 0 aliphatic carbocycles. The molecule has 8 aromatic carbocycles. The average Bonchev–Trinajstić information content (AvgIpc) is 4.03. The molecule has 11 aromatic rings. The summed E-state index contributed by atoms with van der Waals surface area (Å²) >= 11 is 0. The summed E-state index contributed by atoms with van der Waals surface area (Å²) in [6, 6.07) is 48.6. The van der Waals surface area contributed by atoms with Crippen molar-refractivity contribution in [3.05, 3.63) is 181 Å². The second kappa shape index (κ2) is 17.2. The monoisotopic (exact) mass is 1030 g/mol. The smallest absolute Gasteiger partial charge is 0.418 e. The molecule has 0 saturated heterocycles. The molecular formula is C47H29F6IrN7O2. The maximum Gasteiger partial charge on any atom is 0.418 e. The molecule has 63 heavy (non-hydrogen) atoms. The summed E-state index contributed by atoms with van der Waals surface area (Å²) in [6.07, 6.45) is -8.92. The molecule has 0 atom stereocenters. The van der Waals surface area contributed by atoms with Crippen molar-refractivity contribution in [1.29, 1.82) is 0 Å². The summed E-state index contributed by atoms with van der Waals surface area (Å²) in [5.41, 5.74) is 2.00. The van der Waals surface area contributed by atoms with Crippen LogP contribution in [-0.4, -0.2) is 40.1 Å². The standard InChI is InChI=1S/2C17H10F3N3.C13H9NO2.Ir/c2*18-17(19,20)13-8-4-9-14-16(13)22-23(21-14)15-10-3-6-11-5-1-2-7-12(11)15;15-11-7-3-1-5-9(11)13-14-10-6-2-4-8-12(10)16-13;/h2*1-10H;1-8,15H;. The SMILES string of the molecule is FC(F)(F)c1cccc2nn(-c3cccc4ccccc34)nc12.FC(F)(F)c1cccc2nn(-c3cccc4ccccc34)nc12.Oc1ccccc1-c1nc2ccccc2o1.[Ir]. The third-order valence-corrected chi connectivity index (χ3v) is 9.83. The molecule has 3 heterocycles. The predicted molar refractivity (Wildman–Crippen MR) is 224 cm³/mol. The molecule has 0 aliphatic rings. The van der Waals surface area contributed by atoms with Crippen molar-refractivity contribution in [3.8, 4) is 28.6 Å². The second-order valence-electron chi connectivity index (χ2n) is 13.8. The van der Waals surface area contributed by atoms with Gasteiger partial charge in [-0.3, -0.25) is 0 Å². The van der Waals surface area contributed by atoms with Gasteiger partial charge in [0.05, 0.1) is 28.1 Å². The van der Waals surface area contributed by atoms with E-state index in [0.717, 1.165) is 44.8 Å². The Morgan fingerprint density at radius 3 is 1.38 bits per heavy atom. The molecule has 0 amide bonds. The zero-order valence-electron chi connectivity index (χ0n) is 32.3. The molecule has 0 spiro atoms. The molecule has 9 nitrogen and oxygen atoms in total. The molecule has 0 bridgehead atoms. The van der Waals surface area contributed by atoms with Gasteiger partial charge in [-0.25, -0.2) is 4.98 Å². The topological polar surface area (TPSA) is 108 Å². The van der Waals surface area contributed by atoms with E-state index in [1.807, 2.05) is 103 Å². The Morgan fingerprint density at radius 1 is 0.444 bits per heavy atom. The number of aromatic nitrogens is 7. The first kappa shape index (κ1) is 42.3. The van der Waals surface area contributed by atoms with Gasteiger partial charge in [-0.15, -0.1) is 30.0 Å². The quantitative estimate of drug-likeness (QED) is 0.176. The van der Waals surface area contributed by atoms with Gasteiger partial charge < -0.3 is 9.52 Å². The van der Waals surface area contributed by atoms with Gasteiger partial charge in [0.1, 0.15) is 33.3 Å². The normalized spacial score (nSPS) is 11.6. The Morgan fingerprint density at radius 2 is 0.873 bits per heavy atom. The van der Waals surface area contributed by atoms with Crippen LogP contribution in [0.25, 0.3) is 77.5 Å². The van der Waals surface area contributed by atoms with Crippen LogP contribution in [0.3, 0.4) is 0 Å². The summed E-state index contributed by atoms with van der Waals surface area (Å²) in [4.78, 5) is 6.85. The zero-order valence-corrected chi connectivity index (χ0v) is 34.6. The first-order valence-electron chi connectivity index (χ1n) is 18.9. The van der Waals surface area contributed by atoms with Crippen LogP contribution in [0.2, 0.25) is 0 Å². The number of oxazole rings is 1. The minimum atomic E-state index is -4.46. The van der Waals surface area contributed by atoms with Gasteiger partial charge in [-0.05, 0) is 71.4 Å². The predicted octanol–water partition coefficient (Wildman–Crippen LogP) is 12.4. The number of rotatable bonds is 3. The van der Waals surface area contributed by atoms with E-state index in [9.17, 15) is 31.4 Å². The first-order chi connectivity index (χ1) is 29.9. The number of halogens is 6. The second-order valence-corrected chi connectivity index (χ2v) is 13.8. The van der Waals surface area contributed by atoms with E-state index < -0.39 is 23.5 Å². The minimum absolute atomic E-state index is 0. The Hall–Kier alpha value is -7.42. The summed E-state index contributed by atoms with van der Waals surface area (Å²) in [6.45, 7) is 0. The Bertz CT molecular complexity index is 3190. The Balaban J connectivity index is 0.000000131. The molecule has 0 aliphatic heterocycles. The number of fused-ring (bicyclic) bond motifs is 5. The fourth-order valence-corrected chi connectivity index (χ4v) is 6.95. The summed E-state index contributed by atoms with van der Waals surface area (Å²) in [5, 5.41) is 30.0. The molecule has 3 aromatic heterocycles. The van der Waals surface area contributed by atoms with E-state index in [-0.39, 0.29) is 47.9 Å². The van der Waals surface area contributed by atoms with Gasteiger partial charge in [0, 0.05) is 30.9 Å². The average molecular weight is 1030 g/mol. The zero-order chi connectivity index (χ0) is 43.0. The van der Waals surface area contributed by atoms with Crippen LogP contribution in [0.1, 0.15) is 11.1 Å². The van der Waals surface area contributed by atoms with Crippen molar-refractivity contribution in [2.45, 2.75) is 12.4 Å². The van der Waals surface area contributed by atoms with E-state index in [1.54, 1.807) is 30.3 Å². The number of phenols is 1. The summed E-state index contributed by atoms with van der Waals surface area (Å²) in [7, 11) is 0. The van der Waals surface area contributed by atoms with E-state index in [2.05, 4.69) is 25.4 Å². The maximum absolute atomic E-state index is 13.1. The van der Waals surface area contributed by atoms with Gasteiger partial charge in [-0.2, -0.15) is 26.3 Å². The van der Waals surface area contributed by atoms with E-state index in [4.69, 9.17) is 4.42 Å².